The average Bonchev–Trinajstić information content (AvgIpc) is 2.68. The Morgan fingerprint density at radius 3 is 2.52 bits per heavy atom. The Morgan fingerprint density at radius 2 is 1.90 bits per heavy atom. The van der Waals surface area contributed by atoms with Crippen molar-refractivity contribution in [1.29, 1.82) is 0 Å². The summed E-state index contributed by atoms with van der Waals surface area (Å²) in [5.41, 5.74) is 0. The van der Waals surface area contributed by atoms with Gasteiger partial charge in [0.2, 0.25) is 11.8 Å². The molecule has 21 heavy (non-hydrogen) atoms. The molecule has 1 saturated carbocycles. The number of nitrogens with one attached hydrogen (secondary N) is 2. The van der Waals surface area contributed by atoms with E-state index in [4.69, 9.17) is 0 Å². The fourth-order valence-electron chi connectivity index (χ4n) is 2.73. The second-order valence-corrected chi connectivity index (χ2v) is 6.52. The van der Waals surface area contributed by atoms with Crippen LogP contribution in [0, 0.1) is 0 Å². The molecule has 0 atom stereocenters. The molecule has 2 fully saturated rings. The minimum atomic E-state index is -0.0523. The van der Waals surface area contributed by atoms with Crippen LogP contribution in [0.25, 0.3) is 0 Å². The van der Waals surface area contributed by atoms with Gasteiger partial charge in [-0.1, -0.05) is 25.7 Å². The maximum atomic E-state index is 11.7. The number of rotatable bonds is 6. The SMILES string of the molecule is Cl.O=C(CN1CSCC1=O)NCCNC1CCCCCC1. The van der Waals surface area contributed by atoms with Crippen LogP contribution >= 0.6 is 24.2 Å². The fraction of sp³-hybridized carbons (Fsp3) is 0.857. The summed E-state index contributed by atoms with van der Waals surface area (Å²) >= 11 is 1.57. The lowest BCUT2D eigenvalue weighted by molar-refractivity contribution is -0.132. The normalized spacial score (nSPS) is 20.0. The summed E-state index contributed by atoms with van der Waals surface area (Å²) in [6.45, 7) is 1.67. The Labute approximate surface area is 137 Å². The van der Waals surface area contributed by atoms with Crippen LogP contribution in [0.2, 0.25) is 0 Å². The highest BCUT2D eigenvalue weighted by atomic mass is 35.5. The van der Waals surface area contributed by atoms with Crippen molar-refractivity contribution < 1.29 is 9.59 Å². The number of halogens is 1. The molecule has 0 spiro atoms. The molecule has 2 aliphatic rings. The van der Waals surface area contributed by atoms with Gasteiger partial charge >= 0.3 is 0 Å². The summed E-state index contributed by atoms with van der Waals surface area (Å²) in [5.74, 6) is 1.17. The standard InChI is InChI=1S/C14H25N3O2S.ClH/c18-13(9-17-11-20-10-14(17)19)16-8-7-15-12-5-3-1-2-4-6-12;/h12,15H,1-11H2,(H,16,18);1H. The first-order valence-corrected chi connectivity index (χ1v) is 8.77. The molecule has 122 valence electrons. The summed E-state index contributed by atoms with van der Waals surface area (Å²) in [5, 5.41) is 6.40. The van der Waals surface area contributed by atoms with Crippen molar-refractivity contribution in [2.75, 3.05) is 31.3 Å². The molecule has 7 heteroatoms. The van der Waals surface area contributed by atoms with Crippen molar-refractivity contribution in [3.8, 4) is 0 Å². The van der Waals surface area contributed by atoms with Gasteiger partial charge in [0, 0.05) is 19.1 Å². The van der Waals surface area contributed by atoms with Gasteiger partial charge in [-0.05, 0) is 12.8 Å². The first kappa shape index (κ1) is 18.6. The van der Waals surface area contributed by atoms with Crippen molar-refractivity contribution in [3.63, 3.8) is 0 Å². The van der Waals surface area contributed by atoms with E-state index in [1.165, 1.54) is 38.5 Å². The van der Waals surface area contributed by atoms with Gasteiger partial charge < -0.3 is 15.5 Å². The zero-order valence-corrected chi connectivity index (χ0v) is 14.1. The zero-order chi connectivity index (χ0) is 14.2. The number of carbonyl (C=O) groups excluding carboxylic acids is 2. The molecule has 2 rings (SSSR count). The van der Waals surface area contributed by atoms with E-state index < -0.39 is 0 Å². The number of hydrogen-bond donors (Lipinski definition) is 2. The van der Waals surface area contributed by atoms with Gasteiger partial charge in [-0.3, -0.25) is 9.59 Å². The van der Waals surface area contributed by atoms with Crippen LogP contribution in [-0.4, -0.2) is 54.0 Å². The Kier molecular flexibility index (Phi) is 9.11. The van der Waals surface area contributed by atoms with E-state index in [2.05, 4.69) is 10.6 Å². The Hall–Kier alpha value is -0.460. The van der Waals surface area contributed by atoms with Gasteiger partial charge in [0.05, 0.1) is 11.6 Å². The summed E-state index contributed by atoms with van der Waals surface area (Å²) in [6, 6.07) is 0.617. The van der Waals surface area contributed by atoms with Crippen molar-refractivity contribution >= 4 is 36.0 Å². The second-order valence-electron chi connectivity index (χ2n) is 5.56. The van der Waals surface area contributed by atoms with Crippen LogP contribution in [0.1, 0.15) is 38.5 Å². The van der Waals surface area contributed by atoms with Crippen LogP contribution in [0.4, 0.5) is 0 Å². The predicted molar refractivity (Wildman–Crippen MR) is 88.8 cm³/mol. The second kappa shape index (κ2) is 10.3. The van der Waals surface area contributed by atoms with E-state index in [1.807, 2.05) is 0 Å². The molecule has 0 bridgehead atoms. The minimum absolute atomic E-state index is 0. The third-order valence-corrected chi connectivity index (χ3v) is 4.84. The van der Waals surface area contributed by atoms with E-state index in [0.29, 0.717) is 24.2 Å². The van der Waals surface area contributed by atoms with Crippen molar-refractivity contribution in [1.82, 2.24) is 15.5 Å². The van der Waals surface area contributed by atoms with Crippen molar-refractivity contribution in [2.24, 2.45) is 0 Å². The monoisotopic (exact) mass is 335 g/mol. The van der Waals surface area contributed by atoms with Gasteiger partial charge in [-0.15, -0.1) is 24.2 Å². The lowest BCUT2D eigenvalue weighted by atomic mass is 10.1. The molecule has 0 aromatic rings. The maximum absolute atomic E-state index is 11.7. The molecule has 2 amide bonds. The summed E-state index contributed by atoms with van der Waals surface area (Å²) < 4.78 is 0. The maximum Gasteiger partial charge on any atom is 0.239 e. The van der Waals surface area contributed by atoms with Gasteiger partial charge in [-0.2, -0.15) is 0 Å². The molecule has 1 heterocycles. The van der Waals surface area contributed by atoms with E-state index in [0.717, 1.165) is 6.54 Å². The summed E-state index contributed by atoms with van der Waals surface area (Å²) in [6.07, 6.45) is 7.87. The molecule has 0 radical (unpaired) electrons. The highest BCUT2D eigenvalue weighted by Gasteiger charge is 2.22. The first-order chi connectivity index (χ1) is 9.75. The van der Waals surface area contributed by atoms with Gasteiger partial charge in [0.15, 0.2) is 0 Å². The van der Waals surface area contributed by atoms with Crippen LogP contribution in [0.15, 0.2) is 0 Å². The largest absolute Gasteiger partial charge is 0.353 e. The number of amides is 2. The Morgan fingerprint density at radius 1 is 1.19 bits per heavy atom. The molecule has 0 aromatic heterocycles. The molecule has 1 aliphatic carbocycles. The molecule has 0 unspecified atom stereocenters. The van der Waals surface area contributed by atoms with Crippen molar-refractivity contribution in [3.05, 3.63) is 0 Å². The first-order valence-electron chi connectivity index (χ1n) is 7.61. The molecular formula is C14H26ClN3O2S. The van der Waals surface area contributed by atoms with Crippen LogP contribution in [-0.2, 0) is 9.59 Å². The highest BCUT2D eigenvalue weighted by Crippen LogP contribution is 2.16. The molecule has 1 saturated heterocycles. The highest BCUT2D eigenvalue weighted by molar-refractivity contribution is 8.00. The topological polar surface area (TPSA) is 61.4 Å². The quantitative estimate of drug-likeness (QED) is 0.568. The number of nitrogens with zero attached hydrogens (tertiary/aromatic N) is 1. The molecule has 0 aromatic carbocycles. The molecule has 1 aliphatic heterocycles. The number of thioether (sulfide) groups is 1. The number of hydrogen-bond acceptors (Lipinski definition) is 4. The van der Waals surface area contributed by atoms with Crippen LogP contribution in [0.3, 0.4) is 0 Å². The molecule has 5 nitrogen and oxygen atoms in total. The Balaban J connectivity index is 0.00000220. The molecular weight excluding hydrogens is 310 g/mol. The Bertz CT molecular complexity index is 336. The third-order valence-electron chi connectivity index (χ3n) is 3.90. The lowest BCUT2D eigenvalue weighted by Gasteiger charge is -2.17. The van der Waals surface area contributed by atoms with Gasteiger partial charge in [0.1, 0.15) is 6.54 Å². The number of carbonyl (C=O) groups is 2. The fourth-order valence-corrected chi connectivity index (χ4v) is 3.64. The van der Waals surface area contributed by atoms with E-state index in [1.54, 1.807) is 16.7 Å². The third kappa shape index (κ3) is 6.89. The van der Waals surface area contributed by atoms with Gasteiger partial charge in [-0.25, -0.2) is 0 Å². The summed E-state index contributed by atoms with van der Waals surface area (Å²) in [7, 11) is 0. The van der Waals surface area contributed by atoms with E-state index in [9.17, 15) is 9.59 Å². The zero-order valence-electron chi connectivity index (χ0n) is 12.4. The lowest BCUT2D eigenvalue weighted by Crippen LogP contribution is -2.41. The minimum Gasteiger partial charge on any atom is -0.353 e. The van der Waals surface area contributed by atoms with E-state index >= 15 is 0 Å². The average molecular weight is 336 g/mol. The van der Waals surface area contributed by atoms with Crippen LogP contribution in [0.5, 0.6) is 0 Å². The van der Waals surface area contributed by atoms with Gasteiger partial charge in [0.25, 0.3) is 0 Å². The predicted octanol–water partition coefficient (Wildman–Crippen LogP) is 1.37. The van der Waals surface area contributed by atoms with E-state index in [-0.39, 0.29) is 30.8 Å². The smallest absolute Gasteiger partial charge is 0.239 e. The molecule has 2 N–H and O–H groups in total. The van der Waals surface area contributed by atoms with Crippen LogP contribution < -0.4 is 10.6 Å². The summed E-state index contributed by atoms with van der Waals surface area (Å²) in [4.78, 5) is 24.7. The van der Waals surface area contributed by atoms with Crippen molar-refractivity contribution in [2.45, 2.75) is 44.6 Å².